The van der Waals surface area contributed by atoms with Crippen molar-refractivity contribution in [2.24, 2.45) is 0 Å². The minimum Gasteiger partial charge on any atom is -0.480 e. The lowest BCUT2D eigenvalue weighted by atomic mass is 9.92. The maximum Gasteiger partial charge on any atom is 0.323 e. The Morgan fingerprint density at radius 3 is 2.82 bits per heavy atom. The predicted octanol–water partition coefficient (Wildman–Crippen LogP) is 1.96. The third-order valence-corrected chi connectivity index (χ3v) is 3.02. The molecule has 0 radical (unpaired) electrons. The molecule has 92 valence electrons. The average Bonchev–Trinajstić information content (AvgIpc) is 3.01. The number of hydrogen-bond acceptors (Lipinski definition) is 2. The van der Waals surface area contributed by atoms with E-state index >= 15 is 0 Å². The molecule has 2 N–H and O–H groups in total. The molecule has 0 aliphatic heterocycles. The zero-order valence-corrected chi connectivity index (χ0v) is 9.74. The summed E-state index contributed by atoms with van der Waals surface area (Å²) >= 11 is 0. The summed E-state index contributed by atoms with van der Waals surface area (Å²) in [5.74, 6) is -1.23. The van der Waals surface area contributed by atoms with Gasteiger partial charge in [-0.15, -0.1) is 0 Å². The first-order valence-electron chi connectivity index (χ1n) is 5.75. The molecule has 1 atom stereocenters. The Bertz CT molecular complexity index is 431. The fraction of sp³-hybridized carbons (Fsp3) is 0.462. The molecule has 0 bridgehead atoms. The van der Waals surface area contributed by atoms with Gasteiger partial charge in [0.15, 0.2) is 0 Å². The van der Waals surface area contributed by atoms with Gasteiger partial charge in [0, 0.05) is 12.5 Å². The smallest absolute Gasteiger partial charge is 0.323 e. The molecule has 3 nitrogen and oxygen atoms in total. The molecule has 0 saturated heterocycles. The van der Waals surface area contributed by atoms with E-state index in [-0.39, 0.29) is 12.2 Å². The lowest BCUT2D eigenvalue weighted by Gasteiger charge is -2.26. The average molecular weight is 237 g/mol. The largest absolute Gasteiger partial charge is 0.480 e. The number of rotatable bonds is 5. The molecule has 4 heteroatoms. The Labute approximate surface area is 99.7 Å². The van der Waals surface area contributed by atoms with Crippen LogP contribution in [0.5, 0.6) is 0 Å². The Morgan fingerprint density at radius 1 is 1.59 bits per heavy atom. The second-order valence-corrected chi connectivity index (χ2v) is 4.86. The number of hydrogen-bond donors (Lipinski definition) is 2. The van der Waals surface area contributed by atoms with Crippen molar-refractivity contribution >= 4 is 5.97 Å². The van der Waals surface area contributed by atoms with Gasteiger partial charge in [-0.3, -0.25) is 10.1 Å². The maximum atomic E-state index is 13.1. The number of aliphatic carboxylic acids is 1. The molecule has 1 saturated carbocycles. The molecule has 1 aromatic carbocycles. The Morgan fingerprint density at radius 2 is 2.29 bits per heavy atom. The second kappa shape index (κ2) is 4.45. The van der Waals surface area contributed by atoms with Gasteiger partial charge in [-0.25, -0.2) is 4.39 Å². The molecule has 2 rings (SSSR count). The van der Waals surface area contributed by atoms with Gasteiger partial charge in [-0.1, -0.05) is 12.1 Å². The predicted molar refractivity (Wildman–Crippen MR) is 62.3 cm³/mol. The van der Waals surface area contributed by atoms with Crippen molar-refractivity contribution in [2.75, 3.05) is 0 Å². The van der Waals surface area contributed by atoms with Crippen molar-refractivity contribution in [1.29, 1.82) is 0 Å². The van der Waals surface area contributed by atoms with Crippen LogP contribution in [0.3, 0.4) is 0 Å². The number of carboxylic acids is 1. The fourth-order valence-corrected chi connectivity index (χ4v) is 1.92. The summed E-state index contributed by atoms with van der Waals surface area (Å²) in [6.45, 7) is 1.65. The van der Waals surface area contributed by atoms with E-state index < -0.39 is 11.5 Å². The highest BCUT2D eigenvalue weighted by molar-refractivity contribution is 5.78. The van der Waals surface area contributed by atoms with Crippen molar-refractivity contribution in [3.8, 4) is 0 Å². The third-order valence-electron chi connectivity index (χ3n) is 3.02. The van der Waals surface area contributed by atoms with E-state index in [1.807, 2.05) is 0 Å². The SMILES string of the molecule is CC(Cc1cccc(F)c1)(NC1CC1)C(=O)O. The van der Waals surface area contributed by atoms with Crippen LogP contribution in [0.2, 0.25) is 0 Å². The summed E-state index contributed by atoms with van der Waals surface area (Å²) < 4.78 is 13.1. The van der Waals surface area contributed by atoms with Gasteiger partial charge in [-0.2, -0.15) is 0 Å². The number of carboxylic acid groups (broad SMARTS) is 1. The molecule has 17 heavy (non-hydrogen) atoms. The van der Waals surface area contributed by atoms with Crippen molar-refractivity contribution in [2.45, 2.75) is 37.8 Å². The molecule has 1 aromatic rings. The minimum absolute atomic E-state index is 0.288. The van der Waals surface area contributed by atoms with E-state index in [0.717, 1.165) is 12.8 Å². The molecule has 0 aromatic heterocycles. The van der Waals surface area contributed by atoms with Gasteiger partial charge in [0.2, 0.25) is 0 Å². The highest BCUT2D eigenvalue weighted by Gasteiger charge is 2.38. The van der Waals surface area contributed by atoms with Crippen molar-refractivity contribution in [3.05, 3.63) is 35.6 Å². The zero-order chi connectivity index (χ0) is 12.5. The zero-order valence-electron chi connectivity index (χ0n) is 9.74. The molecule has 0 amide bonds. The van der Waals surface area contributed by atoms with Gasteiger partial charge in [0.05, 0.1) is 0 Å². The quantitative estimate of drug-likeness (QED) is 0.823. The van der Waals surface area contributed by atoms with E-state index in [1.165, 1.54) is 12.1 Å². The van der Waals surface area contributed by atoms with E-state index in [2.05, 4.69) is 5.32 Å². The van der Waals surface area contributed by atoms with E-state index in [4.69, 9.17) is 0 Å². The lowest BCUT2D eigenvalue weighted by molar-refractivity contribution is -0.144. The second-order valence-electron chi connectivity index (χ2n) is 4.86. The van der Waals surface area contributed by atoms with Gasteiger partial charge in [-0.05, 0) is 37.5 Å². The number of benzene rings is 1. The Balaban J connectivity index is 2.13. The van der Waals surface area contributed by atoms with Crippen LogP contribution in [-0.4, -0.2) is 22.7 Å². The van der Waals surface area contributed by atoms with Crippen molar-refractivity contribution < 1.29 is 14.3 Å². The highest BCUT2D eigenvalue weighted by atomic mass is 19.1. The van der Waals surface area contributed by atoms with Crippen LogP contribution < -0.4 is 5.32 Å². The maximum absolute atomic E-state index is 13.1. The van der Waals surface area contributed by atoms with Crippen molar-refractivity contribution in [1.82, 2.24) is 5.32 Å². The first kappa shape index (κ1) is 12.0. The van der Waals surface area contributed by atoms with Crippen LogP contribution in [0.1, 0.15) is 25.3 Å². The number of halogens is 1. The van der Waals surface area contributed by atoms with Gasteiger partial charge < -0.3 is 5.11 Å². The first-order valence-corrected chi connectivity index (χ1v) is 5.75. The highest BCUT2D eigenvalue weighted by Crippen LogP contribution is 2.25. The fourth-order valence-electron chi connectivity index (χ4n) is 1.92. The summed E-state index contributed by atoms with van der Waals surface area (Å²) in [7, 11) is 0. The summed E-state index contributed by atoms with van der Waals surface area (Å²) in [6, 6.07) is 6.39. The van der Waals surface area contributed by atoms with Crippen LogP contribution in [0, 0.1) is 5.82 Å². The molecule has 0 spiro atoms. The van der Waals surface area contributed by atoms with E-state index in [0.29, 0.717) is 11.6 Å². The van der Waals surface area contributed by atoms with E-state index in [1.54, 1.807) is 19.1 Å². The molecular formula is C13H16FNO2. The summed E-state index contributed by atoms with van der Waals surface area (Å²) in [5, 5.41) is 12.4. The summed E-state index contributed by atoms with van der Waals surface area (Å²) in [4.78, 5) is 11.3. The third kappa shape index (κ3) is 3.03. The van der Waals surface area contributed by atoms with Gasteiger partial charge in [0.25, 0.3) is 0 Å². The van der Waals surface area contributed by atoms with Crippen LogP contribution >= 0.6 is 0 Å². The topological polar surface area (TPSA) is 49.3 Å². The Hall–Kier alpha value is -1.42. The van der Waals surface area contributed by atoms with Gasteiger partial charge >= 0.3 is 5.97 Å². The van der Waals surface area contributed by atoms with Crippen LogP contribution in [-0.2, 0) is 11.2 Å². The van der Waals surface area contributed by atoms with Crippen LogP contribution in [0.15, 0.2) is 24.3 Å². The first-order chi connectivity index (χ1) is 7.99. The minimum atomic E-state index is -1.02. The van der Waals surface area contributed by atoms with Crippen molar-refractivity contribution in [3.63, 3.8) is 0 Å². The molecular weight excluding hydrogens is 221 g/mol. The van der Waals surface area contributed by atoms with Crippen LogP contribution in [0.25, 0.3) is 0 Å². The van der Waals surface area contributed by atoms with E-state index in [9.17, 15) is 14.3 Å². The van der Waals surface area contributed by atoms with Gasteiger partial charge in [0.1, 0.15) is 11.4 Å². The molecule has 0 heterocycles. The number of carbonyl (C=O) groups is 1. The Kier molecular flexibility index (Phi) is 3.15. The number of nitrogens with one attached hydrogen (secondary N) is 1. The lowest BCUT2D eigenvalue weighted by Crippen LogP contribution is -2.52. The normalized spacial score (nSPS) is 18.7. The monoisotopic (exact) mass is 237 g/mol. The summed E-state index contributed by atoms with van der Waals surface area (Å²) in [5.41, 5.74) is -0.322. The standard InChI is InChI=1S/C13H16FNO2/c1-13(12(16)17,15-11-5-6-11)8-9-3-2-4-10(14)7-9/h2-4,7,11,15H,5-6,8H2,1H3,(H,16,17). The molecule has 1 unspecified atom stereocenters. The summed E-state index contributed by atoms with van der Waals surface area (Å²) in [6.07, 6.45) is 2.33. The van der Waals surface area contributed by atoms with Crippen LogP contribution in [0.4, 0.5) is 4.39 Å². The molecule has 1 aliphatic carbocycles. The molecule has 1 fully saturated rings. The molecule has 1 aliphatic rings.